The Kier molecular flexibility index (Phi) is 5.94. The first-order valence-corrected chi connectivity index (χ1v) is 8.65. The van der Waals surface area contributed by atoms with E-state index in [-0.39, 0.29) is 17.7 Å². The number of rotatable bonds is 5. The number of aryl methyl sites for hydroxylation is 1. The van der Waals surface area contributed by atoms with Gasteiger partial charge in [-0.15, -0.1) is 0 Å². The quantitative estimate of drug-likeness (QED) is 0.864. The Labute approximate surface area is 143 Å². The molecule has 1 saturated heterocycles. The fraction of sp³-hybridized carbons (Fsp3) is 0.611. The smallest absolute Gasteiger partial charge is 0.242 e. The van der Waals surface area contributed by atoms with E-state index >= 15 is 0 Å². The maximum Gasteiger partial charge on any atom is 0.242 e. The molecule has 0 bridgehead atoms. The third kappa shape index (κ3) is 4.54. The minimum absolute atomic E-state index is 0.0599. The van der Waals surface area contributed by atoms with Gasteiger partial charge >= 0.3 is 0 Å². The second-order valence-electron chi connectivity index (χ2n) is 6.97. The van der Waals surface area contributed by atoms with Crippen molar-refractivity contribution >= 4 is 17.6 Å². The van der Waals surface area contributed by atoms with Crippen LogP contribution in [0.3, 0.4) is 0 Å². The molecule has 6 nitrogen and oxygen atoms in total. The van der Waals surface area contributed by atoms with Gasteiger partial charge in [0.15, 0.2) is 0 Å². The molecule has 1 aromatic rings. The number of anilines is 1. The van der Waals surface area contributed by atoms with Crippen LogP contribution in [0.1, 0.15) is 45.1 Å². The average molecular weight is 332 g/mol. The Morgan fingerprint density at radius 2 is 2.21 bits per heavy atom. The number of aromatic nitrogens is 1. The highest BCUT2D eigenvalue weighted by Gasteiger charge is 2.36. The zero-order valence-corrected chi connectivity index (χ0v) is 14.8. The number of hydrogen-bond donors (Lipinski definition) is 2. The molecule has 1 aromatic heterocycles. The van der Waals surface area contributed by atoms with Crippen LogP contribution in [0, 0.1) is 12.8 Å². The first-order valence-electron chi connectivity index (χ1n) is 8.65. The Morgan fingerprint density at radius 1 is 1.46 bits per heavy atom. The maximum absolute atomic E-state index is 12.6. The van der Waals surface area contributed by atoms with Crippen LogP contribution in [0.4, 0.5) is 5.82 Å². The molecule has 2 amide bonds. The molecule has 0 aliphatic carbocycles. The van der Waals surface area contributed by atoms with Crippen molar-refractivity contribution in [1.82, 2.24) is 9.88 Å². The number of piperidine rings is 1. The number of pyridine rings is 1. The fourth-order valence-electron chi connectivity index (χ4n) is 3.13. The fourth-order valence-corrected chi connectivity index (χ4v) is 3.13. The van der Waals surface area contributed by atoms with Gasteiger partial charge in [-0.1, -0.05) is 19.4 Å². The van der Waals surface area contributed by atoms with Gasteiger partial charge in [0.05, 0.1) is 11.5 Å². The van der Waals surface area contributed by atoms with Gasteiger partial charge in [0.25, 0.3) is 0 Å². The molecule has 6 heteroatoms. The van der Waals surface area contributed by atoms with Crippen molar-refractivity contribution in [3.8, 4) is 0 Å². The molecule has 2 unspecified atom stereocenters. The van der Waals surface area contributed by atoms with Gasteiger partial charge in [0.1, 0.15) is 5.82 Å². The zero-order chi connectivity index (χ0) is 17.7. The normalized spacial score (nSPS) is 20.3. The van der Waals surface area contributed by atoms with Gasteiger partial charge < -0.3 is 16.0 Å². The lowest BCUT2D eigenvalue weighted by atomic mass is 9.91. The Bertz CT molecular complexity index is 583. The predicted octanol–water partition coefficient (Wildman–Crippen LogP) is 2.08. The third-order valence-electron chi connectivity index (χ3n) is 4.50. The van der Waals surface area contributed by atoms with Crippen LogP contribution in [-0.4, -0.2) is 40.3 Å². The molecule has 2 heterocycles. The van der Waals surface area contributed by atoms with E-state index in [0.717, 1.165) is 24.8 Å². The summed E-state index contributed by atoms with van der Waals surface area (Å²) in [6.07, 6.45) is 4.81. The van der Waals surface area contributed by atoms with E-state index in [2.05, 4.69) is 10.3 Å². The minimum Gasteiger partial charge on any atom is -0.340 e. The van der Waals surface area contributed by atoms with E-state index in [4.69, 9.17) is 5.73 Å². The maximum atomic E-state index is 12.6. The molecule has 0 saturated carbocycles. The van der Waals surface area contributed by atoms with E-state index in [1.165, 1.54) is 0 Å². The molecule has 1 aliphatic rings. The molecule has 1 fully saturated rings. The van der Waals surface area contributed by atoms with Crippen LogP contribution in [0.25, 0.3) is 0 Å². The lowest BCUT2D eigenvalue weighted by molar-refractivity contribution is -0.139. The molecule has 0 spiro atoms. The van der Waals surface area contributed by atoms with Crippen molar-refractivity contribution in [3.63, 3.8) is 0 Å². The summed E-state index contributed by atoms with van der Waals surface area (Å²) >= 11 is 0. The monoisotopic (exact) mass is 332 g/mol. The molecule has 0 radical (unpaired) electrons. The molecule has 3 N–H and O–H groups in total. The first-order chi connectivity index (χ1) is 11.3. The second-order valence-corrected chi connectivity index (χ2v) is 6.97. The van der Waals surface area contributed by atoms with Crippen molar-refractivity contribution in [2.75, 3.05) is 18.4 Å². The second kappa shape index (κ2) is 7.75. The van der Waals surface area contributed by atoms with Crippen LogP contribution >= 0.6 is 0 Å². The van der Waals surface area contributed by atoms with Crippen molar-refractivity contribution in [2.24, 2.45) is 11.7 Å². The summed E-state index contributed by atoms with van der Waals surface area (Å²) in [7, 11) is 0. The summed E-state index contributed by atoms with van der Waals surface area (Å²) in [5.74, 6) is 0.181. The topological polar surface area (TPSA) is 88.3 Å². The summed E-state index contributed by atoms with van der Waals surface area (Å²) < 4.78 is 0. The van der Waals surface area contributed by atoms with Crippen molar-refractivity contribution in [1.29, 1.82) is 0 Å². The van der Waals surface area contributed by atoms with Crippen LogP contribution < -0.4 is 11.1 Å². The number of carbonyl (C=O) groups is 2. The summed E-state index contributed by atoms with van der Waals surface area (Å²) in [6.45, 7) is 6.83. The number of nitrogens with two attached hydrogens (primary N) is 1. The van der Waals surface area contributed by atoms with Crippen LogP contribution in [0.15, 0.2) is 18.3 Å². The van der Waals surface area contributed by atoms with Crippen molar-refractivity contribution in [3.05, 3.63) is 23.9 Å². The summed E-state index contributed by atoms with van der Waals surface area (Å²) in [6, 6.07) is 3.70. The molecule has 2 rings (SSSR count). The van der Waals surface area contributed by atoms with Gasteiger partial charge in [-0.05, 0) is 44.7 Å². The summed E-state index contributed by atoms with van der Waals surface area (Å²) in [5.41, 5.74) is 6.35. The molecule has 2 atom stereocenters. The van der Waals surface area contributed by atoms with E-state index < -0.39 is 5.54 Å². The molecule has 24 heavy (non-hydrogen) atoms. The Morgan fingerprint density at radius 3 is 2.83 bits per heavy atom. The van der Waals surface area contributed by atoms with Crippen molar-refractivity contribution < 1.29 is 9.59 Å². The molecule has 0 aromatic carbocycles. The highest BCUT2D eigenvalue weighted by molar-refractivity contribution is 5.93. The Balaban J connectivity index is 1.98. The average Bonchev–Trinajstić information content (AvgIpc) is 2.56. The van der Waals surface area contributed by atoms with Crippen LogP contribution in [-0.2, 0) is 9.59 Å². The largest absolute Gasteiger partial charge is 0.340 e. The highest BCUT2D eigenvalue weighted by atomic mass is 16.2. The molecular weight excluding hydrogens is 304 g/mol. The van der Waals surface area contributed by atoms with Crippen LogP contribution in [0.2, 0.25) is 0 Å². The first kappa shape index (κ1) is 18.4. The molecule has 132 valence electrons. The minimum atomic E-state index is -0.856. The molecular formula is C18H28N4O2. The SMILES string of the molecule is CCCC(C)(N)C(=O)N1CCCC(C(=O)Nc2ccc(C)cn2)C1. The number of nitrogens with one attached hydrogen (secondary N) is 1. The van der Waals surface area contributed by atoms with E-state index in [0.29, 0.717) is 25.3 Å². The number of hydrogen-bond acceptors (Lipinski definition) is 4. The lowest BCUT2D eigenvalue weighted by Gasteiger charge is -2.37. The van der Waals surface area contributed by atoms with E-state index in [9.17, 15) is 9.59 Å². The number of amides is 2. The molecule has 1 aliphatic heterocycles. The number of nitrogens with zero attached hydrogens (tertiary/aromatic N) is 2. The van der Waals surface area contributed by atoms with Gasteiger partial charge in [0.2, 0.25) is 11.8 Å². The van der Waals surface area contributed by atoms with Crippen LogP contribution in [0.5, 0.6) is 0 Å². The predicted molar refractivity (Wildman–Crippen MR) is 94.4 cm³/mol. The third-order valence-corrected chi connectivity index (χ3v) is 4.50. The van der Waals surface area contributed by atoms with Gasteiger partial charge in [-0.3, -0.25) is 9.59 Å². The number of carbonyl (C=O) groups excluding carboxylic acids is 2. The zero-order valence-electron chi connectivity index (χ0n) is 14.8. The number of likely N-dealkylation sites (tertiary alicyclic amines) is 1. The van der Waals surface area contributed by atoms with Gasteiger partial charge in [0, 0.05) is 19.3 Å². The van der Waals surface area contributed by atoms with Gasteiger partial charge in [-0.2, -0.15) is 0 Å². The lowest BCUT2D eigenvalue weighted by Crippen LogP contribution is -2.56. The highest BCUT2D eigenvalue weighted by Crippen LogP contribution is 2.22. The summed E-state index contributed by atoms with van der Waals surface area (Å²) in [5, 5.41) is 2.84. The van der Waals surface area contributed by atoms with Gasteiger partial charge in [-0.25, -0.2) is 4.98 Å². The van der Waals surface area contributed by atoms with E-state index in [1.54, 1.807) is 24.1 Å². The van der Waals surface area contributed by atoms with E-state index in [1.807, 2.05) is 19.9 Å². The standard InChI is InChI=1S/C18H28N4O2/c1-4-9-18(3,19)17(24)22-10-5-6-14(12-22)16(23)21-15-8-7-13(2)11-20-15/h7-8,11,14H,4-6,9-10,12,19H2,1-3H3,(H,20,21,23). The van der Waals surface area contributed by atoms with Crippen molar-refractivity contribution in [2.45, 2.75) is 52.0 Å². The Hall–Kier alpha value is -1.95. The summed E-state index contributed by atoms with van der Waals surface area (Å²) in [4.78, 5) is 31.0.